The summed E-state index contributed by atoms with van der Waals surface area (Å²) in [6, 6.07) is 15.1. The molecule has 0 radical (unpaired) electrons. The maximum absolute atomic E-state index is 13.2. The van der Waals surface area contributed by atoms with Crippen molar-refractivity contribution in [3.8, 4) is 23.0 Å². The van der Waals surface area contributed by atoms with Crippen molar-refractivity contribution in [3.63, 3.8) is 0 Å². The van der Waals surface area contributed by atoms with Gasteiger partial charge in [0, 0.05) is 21.4 Å². The van der Waals surface area contributed by atoms with Crippen LogP contribution in [0.3, 0.4) is 0 Å². The van der Waals surface area contributed by atoms with Crippen LogP contribution in [0.5, 0.6) is 23.0 Å². The quantitative estimate of drug-likeness (QED) is 0.0908. The summed E-state index contributed by atoms with van der Waals surface area (Å²) in [5.74, 6) is -5.90. The highest BCUT2D eigenvalue weighted by Gasteiger charge is 2.24. The highest BCUT2D eigenvalue weighted by Crippen LogP contribution is 2.40. The molecule has 0 saturated heterocycles. The molecule has 0 aliphatic heterocycles. The third-order valence-electron chi connectivity index (χ3n) is 6.92. The van der Waals surface area contributed by atoms with E-state index in [2.05, 4.69) is 42.5 Å². The second-order valence-electron chi connectivity index (χ2n) is 10.1. The molecule has 258 valence electrons. The van der Waals surface area contributed by atoms with Crippen LogP contribution in [-0.4, -0.2) is 72.1 Å². The zero-order valence-corrected chi connectivity index (χ0v) is 27.7. The van der Waals surface area contributed by atoms with Crippen LogP contribution >= 0.6 is 15.9 Å². The van der Waals surface area contributed by atoms with Gasteiger partial charge in [-0.3, -0.25) is 24.0 Å². The van der Waals surface area contributed by atoms with Gasteiger partial charge in [-0.2, -0.15) is 0 Å². The van der Waals surface area contributed by atoms with Crippen LogP contribution in [-0.2, 0) is 9.59 Å². The molecule has 4 rings (SSSR count). The van der Waals surface area contributed by atoms with E-state index >= 15 is 0 Å². The predicted molar refractivity (Wildman–Crippen MR) is 183 cm³/mol. The first kappa shape index (κ1) is 36.2. The summed E-state index contributed by atoms with van der Waals surface area (Å²) in [5, 5.41) is 42.9. The molecule has 0 spiro atoms. The largest absolute Gasteiger partial charge is 0.504 e. The van der Waals surface area contributed by atoms with Gasteiger partial charge < -0.3 is 51.4 Å². The lowest BCUT2D eigenvalue weighted by Gasteiger charge is -2.16. The Balaban J connectivity index is 1.41. The first-order chi connectivity index (χ1) is 23.9. The van der Waals surface area contributed by atoms with E-state index in [-0.39, 0.29) is 50.6 Å². The lowest BCUT2D eigenvalue weighted by Crippen LogP contribution is -2.32. The molecular weight excluding hydrogens is 722 g/mol. The van der Waals surface area contributed by atoms with Crippen molar-refractivity contribution in [2.45, 2.75) is 0 Å². The van der Waals surface area contributed by atoms with Gasteiger partial charge in [-0.25, -0.2) is 4.79 Å². The lowest BCUT2D eigenvalue weighted by molar-refractivity contribution is -0.115. The third-order valence-corrected chi connectivity index (χ3v) is 7.58. The normalized spacial score (nSPS) is 10.3. The van der Waals surface area contributed by atoms with Crippen molar-refractivity contribution in [1.29, 1.82) is 0 Å². The van der Waals surface area contributed by atoms with Crippen molar-refractivity contribution in [2.75, 3.05) is 42.0 Å². The number of aromatic carboxylic acids is 1. The summed E-state index contributed by atoms with van der Waals surface area (Å²) in [5.41, 5.74) is 0.402. The number of hydrogen-bond acceptors (Lipinski definition) is 10. The second-order valence-corrected chi connectivity index (χ2v) is 10.9. The van der Waals surface area contributed by atoms with Gasteiger partial charge in [-0.1, -0.05) is 0 Å². The van der Waals surface area contributed by atoms with Crippen LogP contribution < -0.4 is 36.1 Å². The number of aromatic hydroxyl groups is 2. The molecule has 5 amide bonds. The summed E-state index contributed by atoms with van der Waals surface area (Å²) < 4.78 is 10.6. The summed E-state index contributed by atoms with van der Waals surface area (Å²) in [6.45, 7) is -0.350. The van der Waals surface area contributed by atoms with Crippen LogP contribution in [0.25, 0.3) is 0 Å². The van der Waals surface area contributed by atoms with E-state index in [9.17, 15) is 44.1 Å². The monoisotopic (exact) mass is 749 g/mol. The molecule has 4 aromatic rings. The second kappa shape index (κ2) is 16.0. The average molecular weight is 751 g/mol. The lowest BCUT2D eigenvalue weighted by atomic mass is 10.1. The van der Waals surface area contributed by atoms with Gasteiger partial charge in [0.15, 0.2) is 23.0 Å². The number of halogens is 1. The number of carbonyl (C=O) groups is 6. The summed E-state index contributed by atoms with van der Waals surface area (Å²) in [4.78, 5) is 72.8. The number of rotatable bonds is 13. The van der Waals surface area contributed by atoms with Crippen molar-refractivity contribution < 1.29 is 53.6 Å². The van der Waals surface area contributed by atoms with Crippen molar-refractivity contribution >= 4 is 74.7 Å². The Kier molecular flexibility index (Phi) is 11.6. The fourth-order valence-corrected chi connectivity index (χ4v) is 5.08. The predicted octanol–water partition coefficient (Wildman–Crippen LogP) is 4.02. The minimum absolute atomic E-state index is 0.00208. The molecule has 0 unspecified atom stereocenters. The molecule has 16 nitrogen and oxygen atoms in total. The topological polar surface area (TPSA) is 242 Å². The van der Waals surface area contributed by atoms with Crippen LogP contribution in [0.15, 0.2) is 71.2 Å². The number of carboxylic acid groups (broad SMARTS) is 1. The zero-order chi connectivity index (χ0) is 36.5. The molecule has 0 atom stereocenters. The maximum atomic E-state index is 13.2. The van der Waals surface area contributed by atoms with E-state index in [0.717, 1.165) is 6.07 Å². The van der Waals surface area contributed by atoms with Crippen LogP contribution in [0, 0.1) is 0 Å². The van der Waals surface area contributed by atoms with Gasteiger partial charge in [0.1, 0.15) is 5.56 Å². The first-order valence-corrected chi connectivity index (χ1v) is 15.0. The molecule has 50 heavy (non-hydrogen) atoms. The Morgan fingerprint density at radius 1 is 0.700 bits per heavy atom. The third kappa shape index (κ3) is 8.26. The number of benzene rings is 4. The molecule has 0 bridgehead atoms. The van der Waals surface area contributed by atoms with Crippen LogP contribution in [0.2, 0.25) is 0 Å². The fraction of sp³-hybridized carbons (Fsp3) is 0.0909. The van der Waals surface area contributed by atoms with Crippen molar-refractivity contribution in [2.24, 2.45) is 0 Å². The minimum atomic E-state index is -1.41. The van der Waals surface area contributed by atoms with Crippen molar-refractivity contribution in [3.05, 3.63) is 93.5 Å². The number of nitrogens with one attached hydrogen (secondary N) is 5. The van der Waals surface area contributed by atoms with Crippen molar-refractivity contribution in [1.82, 2.24) is 5.32 Å². The van der Waals surface area contributed by atoms with Gasteiger partial charge in [0.25, 0.3) is 17.7 Å². The zero-order valence-electron chi connectivity index (χ0n) is 26.1. The highest BCUT2D eigenvalue weighted by atomic mass is 79.9. The number of anilines is 4. The van der Waals surface area contributed by atoms with Crippen LogP contribution in [0.4, 0.5) is 22.7 Å². The molecular formula is C33H28BrN5O11. The van der Waals surface area contributed by atoms with Gasteiger partial charge in [0.2, 0.25) is 12.3 Å². The Morgan fingerprint density at radius 2 is 1.22 bits per heavy atom. The number of methoxy groups -OCH3 is 2. The van der Waals surface area contributed by atoms with E-state index in [1.165, 1.54) is 74.9 Å². The molecule has 8 N–H and O–H groups in total. The van der Waals surface area contributed by atoms with Gasteiger partial charge in [-0.15, -0.1) is 0 Å². The van der Waals surface area contributed by atoms with Gasteiger partial charge >= 0.3 is 5.97 Å². The number of carbonyl (C=O) groups excluding carboxylic acids is 5. The van der Waals surface area contributed by atoms with E-state index < -0.39 is 46.7 Å². The van der Waals surface area contributed by atoms with Gasteiger partial charge in [-0.05, 0) is 82.7 Å². The van der Waals surface area contributed by atoms with E-state index in [1.807, 2.05) is 0 Å². The summed E-state index contributed by atoms with van der Waals surface area (Å²) in [7, 11) is 2.37. The minimum Gasteiger partial charge on any atom is -0.504 e. The summed E-state index contributed by atoms with van der Waals surface area (Å²) in [6.07, 6.45) is 0.506. The smallest absolute Gasteiger partial charge is 0.339 e. The van der Waals surface area contributed by atoms with Gasteiger partial charge in [0.05, 0.1) is 43.3 Å². The summed E-state index contributed by atoms with van der Waals surface area (Å²) >= 11 is 3.30. The molecule has 0 aliphatic carbocycles. The van der Waals surface area contributed by atoms with E-state index in [1.54, 1.807) is 0 Å². The Hall–Kier alpha value is -6.62. The molecule has 0 saturated carbocycles. The first-order valence-electron chi connectivity index (χ1n) is 14.2. The molecule has 0 heterocycles. The van der Waals surface area contributed by atoms with E-state index in [0.29, 0.717) is 17.8 Å². The number of hydrogen-bond donors (Lipinski definition) is 8. The van der Waals surface area contributed by atoms with E-state index in [4.69, 9.17) is 9.47 Å². The van der Waals surface area contributed by atoms with Crippen LogP contribution in [0.1, 0.15) is 41.4 Å². The number of amides is 5. The fourth-order valence-electron chi connectivity index (χ4n) is 4.52. The number of ether oxygens (including phenoxy) is 2. The molecule has 0 fully saturated rings. The molecule has 0 aromatic heterocycles. The Bertz CT molecular complexity index is 2000. The number of phenols is 2. The maximum Gasteiger partial charge on any atom is 0.339 e. The molecule has 4 aromatic carbocycles. The molecule has 17 heteroatoms. The Labute approximate surface area is 291 Å². The SMILES string of the molecule is COc1c(NC(=O)c2ccc(NC(=O)c3ccc(NC(=O)CNC(=O)c4ccc(NC=O)cc4)cc3Br)c(OC)c2O)ccc(C(=O)O)c1O. The average Bonchev–Trinajstić information content (AvgIpc) is 3.07. The number of carboxylic acids is 1. The number of phenolic OH excluding ortho intramolecular Hbond substituents is 1. The highest BCUT2D eigenvalue weighted by molar-refractivity contribution is 9.10. The molecule has 0 aliphatic rings. The standard InChI is InChI=1S/C33H28BrN5O11/c1-49-28-23(11-9-20(26(28)42)32(46)39-24-12-10-21(33(47)48)27(43)29(24)50-2)38-31(45)19-8-7-18(13-22(19)34)37-25(41)14-35-30(44)16-3-5-17(6-4-16)36-15-40/h3-13,15,42-43H,14H2,1-2H3,(H,35,44)(H,36,40)(H,37,41)(H,38,45)(H,39,46)(H,47,48). The Morgan fingerprint density at radius 3 is 1.76 bits per heavy atom.